The number of nitrogens with zero attached hydrogens (tertiary/aromatic N) is 1. The fraction of sp³-hybridized carbons (Fsp3) is 0.333. The number of ether oxygens (including phenoxy) is 1. The van der Waals surface area contributed by atoms with E-state index in [2.05, 4.69) is 16.3 Å². The zero-order chi connectivity index (χ0) is 6.69. The predicted molar refractivity (Wildman–Crippen MR) is 33.2 cm³/mol. The van der Waals surface area contributed by atoms with E-state index in [-0.39, 0.29) is 12.5 Å². The first-order valence-corrected chi connectivity index (χ1v) is 2.68. The molecule has 0 unspecified atom stereocenters. The molecule has 0 saturated carbocycles. The van der Waals surface area contributed by atoms with Gasteiger partial charge in [0.15, 0.2) is 5.90 Å². The normalized spacial score (nSPS) is 16.9. The molecule has 1 heterocycles. The first-order chi connectivity index (χ1) is 4.33. The number of hydrogen-bond donors (Lipinski definition) is 0. The molecular formula is C6H7NO2. The van der Waals surface area contributed by atoms with Crippen molar-refractivity contribution in [2.24, 2.45) is 4.99 Å². The van der Waals surface area contributed by atoms with Gasteiger partial charge in [-0.3, -0.25) is 0 Å². The van der Waals surface area contributed by atoms with E-state index in [4.69, 9.17) is 0 Å². The van der Waals surface area contributed by atoms with Crippen LogP contribution in [0.25, 0.3) is 0 Å². The Bertz CT molecular complexity index is 172. The Morgan fingerprint density at radius 3 is 3.11 bits per heavy atom. The van der Waals surface area contributed by atoms with E-state index in [0.29, 0.717) is 12.3 Å². The summed E-state index contributed by atoms with van der Waals surface area (Å²) in [6.45, 7) is 3.65. The summed E-state index contributed by atoms with van der Waals surface area (Å²) in [6.07, 6.45) is 2.20. The molecule has 0 amide bonds. The Balaban J connectivity index is 2.44. The zero-order valence-corrected chi connectivity index (χ0v) is 4.96. The lowest BCUT2D eigenvalue weighted by atomic mass is 10.4. The smallest absolute Gasteiger partial charge is 0.334 e. The third-order valence-corrected chi connectivity index (χ3v) is 0.935. The molecule has 0 aliphatic carbocycles. The predicted octanol–water partition coefficient (Wildman–Crippen LogP) is 0.518. The van der Waals surface area contributed by atoms with Gasteiger partial charge in [0.05, 0.1) is 0 Å². The van der Waals surface area contributed by atoms with Crippen LogP contribution in [-0.4, -0.2) is 18.4 Å². The molecule has 0 atom stereocenters. The lowest BCUT2D eigenvalue weighted by Crippen LogP contribution is -2.02. The van der Waals surface area contributed by atoms with Crippen LogP contribution in [-0.2, 0) is 9.53 Å². The molecule has 0 fully saturated rings. The van der Waals surface area contributed by atoms with Crippen molar-refractivity contribution in [2.45, 2.75) is 6.42 Å². The number of cyclic esters (lactones) is 1. The van der Waals surface area contributed by atoms with E-state index in [1.807, 2.05) is 0 Å². The number of hydrogen-bond acceptors (Lipinski definition) is 3. The van der Waals surface area contributed by atoms with Crippen molar-refractivity contribution in [3.63, 3.8) is 0 Å². The Hall–Kier alpha value is -1.12. The quantitative estimate of drug-likeness (QED) is 0.398. The molecule has 1 aliphatic heterocycles. The number of rotatable bonds is 2. The number of carbonyl (C=O) groups excluding carboxylic acids is 1. The first kappa shape index (κ1) is 6.01. The van der Waals surface area contributed by atoms with Crippen LogP contribution in [0.2, 0.25) is 0 Å². The molecule has 0 bridgehead atoms. The highest BCUT2D eigenvalue weighted by Crippen LogP contribution is 1.99. The third-order valence-electron chi connectivity index (χ3n) is 0.935. The maximum absolute atomic E-state index is 10.4. The van der Waals surface area contributed by atoms with Crippen LogP contribution in [0.15, 0.2) is 17.6 Å². The van der Waals surface area contributed by atoms with E-state index >= 15 is 0 Å². The minimum Gasteiger partial charge on any atom is -0.410 e. The standard InChI is InChI=1S/C6H7NO2/c1-2-3-5-7-4-6(8)9-5/h2H,1,3-4H2. The van der Waals surface area contributed by atoms with Crippen LogP contribution in [0, 0.1) is 0 Å². The van der Waals surface area contributed by atoms with E-state index in [0.717, 1.165) is 0 Å². The lowest BCUT2D eigenvalue weighted by Gasteiger charge is -1.91. The second-order valence-electron chi connectivity index (χ2n) is 1.68. The van der Waals surface area contributed by atoms with Crippen LogP contribution in [0.3, 0.4) is 0 Å². The molecule has 3 nitrogen and oxygen atoms in total. The van der Waals surface area contributed by atoms with Gasteiger partial charge in [-0.05, 0) is 0 Å². The Labute approximate surface area is 53.0 Å². The number of aliphatic imine (C=N–C) groups is 1. The largest absolute Gasteiger partial charge is 0.410 e. The van der Waals surface area contributed by atoms with Gasteiger partial charge in [0.25, 0.3) is 0 Å². The average molecular weight is 125 g/mol. The molecule has 48 valence electrons. The summed E-state index contributed by atoms with van der Waals surface area (Å²) in [7, 11) is 0. The molecular weight excluding hydrogens is 118 g/mol. The SMILES string of the molecule is C=CCC1=NCC(=O)O1. The molecule has 0 radical (unpaired) electrons. The summed E-state index contributed by atoms with van der Waals surface area (Å²) in [5.41, 5.74) is 0. The van der Waals surface area contributed by atoms with Gasteiger partial charge in [0.1, 0.15) is 6.54 Å². The number of esters is 1. The molecule has 1 rings (SSSR count). The van der Waals surface area contributed by atoms with Crippen molar-refractivity contribution in [2.75, 3.05) is 6.54 Å². The first-order valence-electron chi connectivity index (χ1n) is 2.68. The van der Waals surface area contributed by atoms with Gasteiger partial charge in [-0.15, -0.1) is 6.58 Å². The second-order valence-corrected chi connectivity index (χ2v) is 1.68. The highest BCUT2D eigenvalue weighted by Gasteiger charge is 2.13. The van der Waals surface area contributed by atoms with Crippen LogP contribution >= 0.6 is 0 Å². The van der Waals surface area contributed by atoms with E-state index in [1.165, 1.54) is 0 Å². The van der Waals surface area contributed by atoms with Crippen molar-refractivity contribution in [3.05, 3.63) is 12.7 Å². The Morgan fingerprint density at radius 1 is 1.89 bits per heavy atom. The second kappa shape index (κ2) is 2.44. The minimum absolute atomic E-state index is 0.170. The molecule has 0 saturated heterocycles. The van der Waals surface area contributed by atoms with E-state index in [9.17, 15) is 4.79 Å². The van der Waals surface area contributed by atoms with Crippen molar-refractivity contribution in [1.29, 1.82) is 0 Å². The highest BCUT2D eigenvalue weighted by molar-refractivity contribution is 5.95. The fourth-order valence-electron chi connectivity index (χ4n) is 0.578. The monoisotopic (exact) mass is 125 g/mol. The van der Waals surface area contributed by atoms with Crippen molar-refractivity contribution in [1.82, 2.24) is 0 Å². The summed E-state index contributed by atoms with van der Waals surface area (Å²) < 4.78 is 4.64. The van der Waals surface area contributed by atoms with E-state index < -0.39 is 0 Å². The molecule has 0 N–H and O–H groups in total. The lowest BCUT2D eigenvalue weighted by molar-refractivity contribution is -0.132. The summed E-state index contributed by atoms with van der Waals surface area (Å²) in [6, 6.07) is 0. The molecule has 9 heavy (non-hydrogen) atoms. The van der Waals surface area contributed by atoms with Gasteiger partial charge >= 0.3 is 5.97 Å². The Morgan fingerprint density at radius 2 is 2.67 bits per heavy atom. The van der Waals surface area contributed by atoms with Gasteiger partial charge in [0, 0.05) is 6.42 Å². The molecule has 1 aliphatic rings. The van der Waals surface area contributed by atoms with Crippen LogP contribution < -0.4 is 0 Å². The van der Waals surface area contributed by atoms with Crippen molar-refractivity contribution in [3.8, 4) is 0 Å². The van der Waals surface area contributed by atoms with E-state index in [1.54, 1.807) is 6.08 Å². The topological polar surface area (TPSA) is 38.7 Å². The Kier molecular flexibility index (Phi) is 1.63. The van der Waals surface area contributed by atoms with Gasteiger partial charge < -0.3 is 4.74 Å². The summed E-state index contributed by atoms with van der Waals surface area (Å²) >= 11 is 0. The summed E-state index contributed by atoms with van der Waals surface area (Å²) in [5.74, 6) is 0.210. The van der Waals surface area contributed by atoms with Gasteiger partial charge in [-0.25, -0.2) is 9.79 Å². The molecule has 0 aromatic rings. The fourth-order valence-corrected chi connectivity index (χ4v) is 0.578. The van der Waals surface area contributed by atoms with Gasteiger partial charge in [-0.2, -0.15) is 0 Å². The molecule has 0 aromatic carbocycles. The summed E-state index contributed by atoms with van der Waals surface area (Å²) in [5, 5.41) is 0. The van der Waals surface area contributed by atoms with Gasteiger partial charge in [-0.1, -0.05) is 6.08 Å². The summed E-state index contributed by atoms with van der Waals surface area (Å²) in [4.78, 5) is 14.1. The highest BCUT2D eigenvalue weighted by atomic mass is 16.6. The molecule has 0 aromatic heterocycles. The minimum atomic E-state index is -0.271. The van der Waals surface area contributed by atoms with Gasteiger partial charge in [0.2, 0.25) is 0 Å². The molecule has 3 heteroatoms. The van der Waals surface area contributed by atoms with Crippen molar-refractivity contribution >= 4 is 11.9 Å². The molecule has 0 spiro atoms. The van der Waals surface area contributed by atoms with Crippen LogP contribution in [0.4, 0.5) is 0 Å². The zero-order valence-electron chi connectivity index (χ0n) is 4.96. The van der Waals surface area contributed by atoms with Crippen LogP contribution in [0.5, 0.6) is 0 Å². The maximum Gasteiger partial charge on any atom is 0.334 e. The average Bonchev–Trinajstić information content (AvgIpc) is 2.17. The third kappa shape index (κ3) is 1.38. The number of carbonyl (C=O) groups is 1. The van der Waals surface area contributed by atoms with Crippen molar-refractivity contribution < 1.29 is 9.53 Å². The van der Waals surface area contributed by atoms with Crippen LogP contribution in [0.1, 0.15) is 6.42 Å². The maximum atomic E-state index is 10.4.